The molecule has 2 heterocycles. The van der Waals surface area contributed by atoms with Crippen molar-refractivity contribution in [3.63, 3.8) is 0 Å². The Morgan fingerprint density at radius 1 is 1.42 bits per heavy atom. The van der Waals surface area contributed by atoms with Crippen molar-refractivity contribution in [2.24, 2.45) is 0 Å². The molecule has 4 heteroatoms. The number of fused-ring (bicyclic) bond motifs is 1. The van der Waals surface area contributed by atoms with Crippen molar-refractivity contribution in [1.29, 1.82) is 0 Å². The zero-order valence-corrected chi connectivity index (χ0v) is 11.0. The molecule has 0 saturated carbocycles. The summed E-state index contributed by atoms with van der Waals surface area (Å²) < 4.78 is 0. The van der Waals surface area contributed by atoms with Gasteiger partial charge in [0.25, 0.3) is 0 Å². The van der Waals surface area contributed by atoms with Crippen LogP contribution in [0.15, 0.2) is 24.3 Å². The number of carbonyl (C=O) groups is 1. The van der Waals surface area contributed by atoms with E-state index in [1.165, 1.54) is 24.9 Å². The Balaban J connectivity index is 1.94. The lowest BCUT2D eigenvalue weighted by molar-refractivity contribution is 0.0691. The van der Waals surface area contributed by atoms with Gasteiger partial charge in [-0.15, -0.1) is 0 Å². The van der Waals surface area contributed by atoms with Crippen molar-refractivity contribution in [2.75, 3.05) is 20.1 Å². The number of aromatic nitrogens is 1. The number of piperidine rings is 1. The Morgan fingerprint density at radius 3 is 3.00 bits per heavy atom. The second-order valence-electron chi connectivity index (χ2n) is 5.44. The van der Waals surface area contributed by atoms with Crippen LogP contribution in [0, 0.1) is 0 Å². The molecular formula is C15H18N2O2. The molecule has 1 aliphatic rings. The number of hydrogen-bond donors (Lipinski definition) is 2. The fourth-order valence-corrected chi connectivity index (χ4v) is 2.96. The van der Waals surface area contributed by atoms with Gasteiger partial charge in [0.2, 0.25) is 0 Å². The Morgan fingerprint density at radius 2 is 2.26 bits per heavy atom. The molecule has 0 amide bonds. The molecule has 1 fully saturated rings. The van der Waals surface area contributed by atoms with Crippen molar-refractivity contribution >= 4 is 16.9 Å². The molecule has 0 radical (unpaired) electrons. The zero-order chi connectivity index (χ0) is 13.4. The first-order valence-corrected chi connectivity index (χ1v) is 6.68. The lowest BCUT2D eigenvalue weighted by Gasteiger charge is -2.30. The number of H-pyrrole nitrogens is 1. The molecule has 1 saturated heterocycles. The molecule has 100 valence electrons. The number of hydrogen-bond acceptors (Lipinski definition) is 2. The Hall–Kier alpha value is -1.81. The smallest absolute Gasteiger partial charge is 0.352 e. The van der Waals surface area contributed by atoms with Gasteiger partial charge >= 0.3 is 5.97 Å². The predicted octanol–water partition coefficient (Wildman–Crippen LogP) is 2.68. The largest absolute Gasteiger partial charge is 0.477 e. The molecule has 1 aromatic carbocycles. The number of nitrogens with zero attached hydrogens (tertiary/aromatic N) is 1. The highest BCUT2D eigenvalue weighted by Gasteiger charge is 2.19. The average molecular weight is 258 g/mol. The number of rotatable bonds is 2. The number of likely N-dealkylation sites (N-methyl/N-ethyl adjacent to an activating group) is 1. The summed E-state index contributed by atoms with van der Waals surface area (Å²) in [6, 6.07) is 7.95. The standard InChI is InChI=1S/C15H18N2O2/c1-17-6-2-3-11(9-17)10-4-5-13-12(7-10)8-14(16-13)15(18)19/h4-5,7-8,11,16H,2-3,6,9H2,1H3,(H,18,19). The summed E-state index contributed by atoms with van der Waals surface area (Å²) in [6.45, 7) is 2.26. The van der Waals surface area contributed by atoms with Crippen LogP contribution in [0.2, 0.25) is 0 Å². The molecule has 1 unspecified atom stereocenters. The SMILES string of the molecule is CN1CCCC(c2ccc3[nH]c(C(=O)O)cc3c2)C1. The summed E-state index contributed by atoms with van der Waals surface area (Å²) in [6.07, 6.45) is 2.44. The van der Waals surface area contributed by atoms with Gasteiger partial charge in [-0.2, -0.15) is 0 Å². The van der Waals surface area contributed by atoms with Crippen molar-refractivity contribution in [3.05, 3.63) is 35.5 Å². The van der Waals surface area contributed by atoms with Gasteiger partial charge in [0, 0.05) is 17.4 Å². The average Bonchev–Trinajstić information content (AvgIpc) is 2.81. The molecule has 3 rings (SSSR count). The number of aromatic amines is 1. The topological polar surface area (TPSA) is 56.3 Å². The normalized spacial score (nSPS) is 20.8. The summed E-state index contributed by atoms with van der Waals surface area (Å²) in [7, 11) is 2.16. The maximum Gasteiger partial charge on any atom is 0.352 e. The first-order valence-electron chi connectivity index (χ1n) is 6.68. The lowest BCUT2D eigenvalue weighted by atomic mass is 9.90. The molecule has 1 aliphatic heterocycles. The predicted molar refractivity (Wildman–Crippen MR) is 74.7 cm³/mol. The van der Waals surface area contributed by atoms with Crippen LogP contribution in [0.3, 0.4) is 0 Å². The molecule has 2 N–H and O–H groups in total. The zero-order valence-electron chi connectivity index (χ0n) is 11.0. The summed E-state index contributed by atoms with van der Waals surface area (Å²) in [5, 5.41) is 9.99. The number of carboxylic acid groups (broad SMARTS) is 1. The third-order valence-corrected chi connectivity index (χ3v) is 3.97. The molecule has 0 aliphatic carbocycles. The minimum absolute atomic E-state index is 0.257. The van der Waals surface area contributed by atoms with Crippen molar-refractivity contribution in [1.82, 2.24) is 9.88 Å². The van der Waals surface area contributed by atoms with Gasteiger partial charge in [0.1, 0.15) is 5.69 Å². The maximum atomic E-state index is 11.0. The first-order chi connectivity index (χ1) is 9.13. The summed E-state index contributed by atoms with van der Waals surface area (Å²) in [5.41, 5.74) is 2.47. The van der Waals surface area contributed by atoms with Gasteiger partial charge in [-0.05, 0) is 56.1 Å². The second-order valence-corrected chi connectivity index (χ2v) is 5.44. The highest BCUT2D eigenvalue weighted by molar-refractivity contribution is 5.93. The van der Waals surface area contributed by atoms with E-state index in [0.29, 0.717) is 5.92 Å². The van der Waals surface area contributed by atoms with Gasteiger partial charge in [-0.3, -0.25) is 0 Å². The van der Waals surface area contributed by atoms with Gasteiger partial charge in [-0.1, -0.05) is 6.07 Å². The van der Waals surface area contributed by atoms with E-state index >= 15 is 0 Å². The van der Waals surface area contributed by atoms with Crippen LogP contribution in [0.5, 0.6) is 0 Å². The van der Waals surface area contributed by atoms with Gasteiger partial charge in [0.05, 0.1) is 0 Å². The van der Waals surface area contributed by atoms with Crippen LogP contribution < -0.4 is 0 Å². The van der Waals surface area contributed by atoms with Crippen LogP contribution in [0.25, 0.3) is 10.9 Å². The number of benzene rings is 1. The second kappa shape index (κ2) is 4.70. The fraction of sp³-hybridized carbons (Fsp3) is 0.400. The van der Waals surface area contributed by atoms with Gasteiger partial charge in [-0.25, -0.2) is 4.79 Å². The highest BCUT2D eigenvalue weighted by atomic mass is 16.4. The Kier molecular flexibility index (Phi) is 3.03. The van der Waals surface area contributed by atoms with Crippen molar-refractivity contribution in [2.45, 2.75) is 18.8 Å². The summed E-state index contributed by atoms with van der Waals surface area (Å²) in [5.74, 6) is -0.346. The quantitative estimate of drug-likeness (QED) is 0.870. The Labute approximate surface area is 112 Å². The highest BCUT2D eigenvalue weighted by Crippen LogP contribution is 2.28. The monoisotopic (exact) mass is 258 g/mol. The van der Waals surface area contributed by atoms with E-state index in [1.54, 1.807) is 6.07 Å². The number of likely N-dealkylation sites (tertiary alicyclic amines) is 1. The van der Waals surface area contributed by atoms with E-state index in [0.717, 1.165) is 17.4 Å². The minimum atomic E-state index is -0.907. The molecular weight excluding hydrogens is 240 g/mol. The van der Waals surface area contributed by atoms with Crippen LogP contribution in [0.4, 0.5) is 0 Å². The van der Waals surface area contributed by atoms with E-state index in [4.69, 9.17) is 5.11 Å². The molecule has 19 heavy (non-hydrogen) atoms. The third kappa shape index (κ3) is 2.36. The molecule has 0 spiro atoms. The minimum Gasteiger partial charge on any atom is -0.477 e. The van der Waals surface area contributed by atoms with Gasteiger partial charge in [0.15, 0.2) is 0 Å². The van der Waals surface area contributed by atoms with Crippen molar-refractivity contribution < 1.29 is 9.90 Å². The molecule has 1 atom stereocenters. The van der Waals surface area contributed by atoms with Crippen molar-refractivity contribution in [3.8, 4) is 0 Å². The summed E-state index contributed by atoms with van der Waals surface area (Å²) >= 11 is 0. The Bertz CT molecular complexity index is 618. The first kappa shape index (κ1) is 12.2. The maximum absolute atomic E-state index is 11.0. The number of aromatic carboxylic acids is 1. The number of nitrogens with one attached hydrogen (secondary N) is 1. The van der Waals surface area contributed by atoms with E-state index in [2.05, 4.69) is 29.1 Å². The molecule has 0 bridgehead atoms. The van der Waals surface area contributed by atoms with E-state index in [1.807, 2.05) is 6.07 Å². The van der Waals surface area contributed by atoms with Crippen LogP contribution >= 0.6 is 0 Å². The van der Waals surface area contributed by atoms with Gasteiger partial charge < -0.3 is 15.0 Å². The third-order valence-electron chi connectivity index (χ3n) is 3.97. The van der Waals surface area contributed by atoms with E-state index in [9.17, 15) is 4.79 Å². The summed E-state index contributed by atoms with van der Waals surface area (Å²) in [4.78, 5) is 16.2. The van der Waals surface area contributed by atoms with Crippen LogP contribution in [-0.2, 0) is 0 Å². The molecule has 1 aromatic heterocycles. The molecule has 2 aromatic rings. The lowest BCUT2D eigenvalue weighted by Crippen LogP contribution is -2.30. The molecule has 4 nitrogen and oxygen atoms in total. The van der Waals surface area contributed by atoms with E-state index in [-0.39, 0.29) is 5.69 Å². The van der Waals surface area contributed by atoms with E-state index < -0.39 is 5.97 Å². The van der Waals surface area contributed by atoms with Crippen LogP contribution in [-0.4, -0.2) is 41.1 Å². The fourth-order valence-electron chi connectivity index (χ4n) is 2.96. The number of carboxylic acids is 1. The van der Waals surface area contributed by atoms with Crippen LogP contribution in [0.1, 0.15) is 34.8 Å².